The fourth-order valence-corrected chi connectivity index (χ4v) is 1.17. The highest BCUT2D eigenvalue weighted by Gasteiger charge is 2.21. The molecule has 0 aliphatic heterocycles. The van der Waals surface area contributed by atoms with Gasteiger partial charge < -0.3 is 9.84 Å². The molecule has 0 aliphatic rings. The molecule has 0 atom stereocenters. The molecule has 3 heteroatoms. The first-order chi connectivity index (χ1) is 6.41. The van der Waals surface area contributed by atoms with Crippen LogP contribution in [0, 0.1) is 0 Å². The van der Waals surface area contributed by atoms with Crippen LogP contribution in [0.15, 0.2) is 18.3 Å². The molecule has 0 amide bonds. The van der Waals surface area contributed by atoms with E-state index in [1.165, 1.54) is 0 Å². The molecule has 1 aromatic rings. The van der Waals surface area contributed by atoms with E-state index >= 15 is 0 Å². The van der Waals surface area contributed by atoms with Gasteiger partial charge in [-0.1, -0.05) is 0 Å². The molecule has 0 aliphatic carbocycles. The summed E-state index contributed by atoms with van der Waals surface area (Å²) >= 11 is 0. The third-order valence-electron chi connectivity index (χ3n) is 1.78. The Balaban J connectivity index is 3.04. The van der Waals surface area contributed by atoms with E-state index in [4.69, 9.17) is 4.74 Å². The standard InChI is InChI=1S/C11H17NO2/c1-8(2)14-10-9(11(3,4)13)6-5-7-12-10/h5-8,13H,1-4H3. The van der Waals surface area contributed by atoms with Gasteiger partial charge in [0.2, 0.25) is 5.88 Å². The van der Waals surface area contributed by atoms with Crippen molar-refractivity contribution < 1.29 is 9.84 Å². The predicted octanol–water partition coefficient (Wildman–Crippen LogP) is 2.10. The number of aromatic nitrogens is 1. The number of aliphatic hydroxyl groups is 1. The maximum absolute atomic E-state index is 9.86. The van der Waals surface area contributed by atoms with Crippen LogP contribution >= 0.6 is 0 Å². The molecule has 1 rings (SSSR count). The maximum atomic E-state index is 9.86. The summed E-state index contributed by atoms with van der Waals surface area (Å²) in [7, 11) is 0. The lowest BCUT2D eigenvalue weighted by Crippen LogP contribution is -2.19. The highest BCUT2D eigenvalue weighted by molar-refractivity contribution is 5.30. The van der Waals surface area contributed by atoms with Gasteiger partial charge >= 0.3 is 0 Å². The van der Waals surface area contributed by atoms with E-state index in [1.807, 2.05) is 19.9 Å². The van der Waals surface area contributed by atoms with Gasteiger partial charge in [0, 0.05) is 11.8 Å². The smallest absolute Gasteiger partial charge is 0.219 e. The van der Waals surface area contributed by atoms with E-state index in [1.54, 1.807) is 26.1 Å². The van der Waals surface area contributed by atoms with E-state index in [-0.39, 0.29) is 6.10 Å². The summed E-state index contributed by atoms with van der Waals surface area (Å²) in [6.45, 7) is 7.31. The molecule has 3 nitrogen and oxygen atoms in total. The summed E-state index contributed by atoms with van der Waals surface area (Å²) in [6, 6.07) is 3.62. The Morgan fingerprint density at radius 2 is 2.07 bits per heavy atom. The van der Waals surface area contributed by atoms with Crippen LogP contribution in [0.3, 0.4) is 0 Å². The number of nitrogens with zero attached hydrogens (tertiary/aromatic N) is 1. The topological polar surface area (TPSA) is 42.4 Å². The Morgan fingerprint density at radius 1 is 1.43 bits per heavy atom. The lowest BCUT2D eigenvalue weighted by molar-refractivity contribution is 0.0721. The van der Waals surface area contributed by atoms with Crippen LogP contribution in [0.2, 0.25) is 0 Å². The minimum atomic E-state index is -0.918. The molecule has 0 aromatic carbocycles. The van der Waals surface area contributed by atoms with Crippen molar-refractivity contribution in [3.8, 4) is 5.88 Å². The molecule has 1 N–H and O–H groups in total. The van der Waals surface area contributed by atoms with Crippen LogP contribution in [-0.2, 0) is 5.60 Å². The van der Waals surface area contributed by atoms with Gasteiger partial charge in [0.25, 0.3) is 0 Å². The summed E-state index contributed by atoms with van der Waals surface area (Å²) in [4.78, 5) is 4.10. The van der Waals surface area contributed by atoms with E-state index in [2.05, 4.69) is 4.98 Å². The molecule has 0 radical (unpaired) electrons. The van der Waals surface area contributed by atoms with E-state index in [0.717, 1.165) is 0 Å². The van der Waals surface area contributed by atoms with Gasteiger partial charge in [-0.05, 0) is 39.8 Å². The SMILES string of the molecule is CC(C)Oc1ncccc1C(C)(C)O. The molecular formula is C11H17NO2. The quantitative estimate of drug-likeness (QED) is 0.803. The summed E-state index contributed by atoms with van der Waals surface area (Å²) < 4.78 is 5.50. The number of rotatable bonds is 3. The highest BCUT2D eigenvalue weighted by Crippen LogP contribution is 2.27. The number of hydrogen-bond acceptors (Lipinski definition) is 3. The first-order valence-corrected chi connectivity index (χ1v) is 4.76. The van der Waals surface area contributed by atoms with Crippen molar-refractivity contribution in [1.82, 2.24) is 4.98 Å². The maximum Gasteiger partial charge on any atom is 0.219 e. The lowest BCUT2D eigenvalue weighted by atomic mass is 10.00. The van der Waals surface area contributed by atoms with Crippen molar-refractivity contribution >= 4 is 0 Å². The molecule has 0 saturated heterocycles. The monoisotopic (exact) mass is 195 g/mol. The molecule has 1 heterocycles. The molecule has 0 fully saturated rings. The van der Waals surface area contributed by atoms with Gasteiger partial charge in [0.1, 0.15) is 0 Å². The second-order valence-electron chi connectivity index (χ2n) is 4.08. The number of pyridine rings is 1. The Hall–Kier alpha value is -1.09. The minimum Gasteiger partial charge on any atom is -0.475 e. The highest BCUT2D eigenvalue weighted by atomic mass is 16.5. The van der Waals surface area contributed by atoms with Gasteiger partial charge in [-0.2, -0.15) is 0 Å². The average molecular weight is 195 g/mol. The fraction of sp³-hybridized carbons (Fsp3) is 0.545. The molecule has 78 valence electrons. The predicted molar refractivity (Wildman–Crippen MR) is 55.2 cm³/mol. The molecular weight excluding hydrogens is 178 g/mol. The van der Waals surface area contributed by atoms with Crippen molar-refractivity contribution in [1.29, 1.82) is 0 Å². The Kier molecular flexibility index (Phi) is 3.11. The first kappa shape index (κ1) is 11.0. The number of hydrogen-bond donors (Lipinski definition) is 1. The Labute approximate surface area is 84.7 Å². The van der Waals surface area contributed by atoms with Crippen LogP contribution < -0.4 is 4.74 Å². The molecule has 0 saturated carbocycles. The summed E-state index contributed by atoms with van der Waals surface area (Å²) in [5.41, 5.74) is -0.202. The molecule has 14 heavy (non-hydrogen) atoms. The third-order valence-corrected chi connectivity index (χ3v) is 1.78. The zero-order chi connectivity index (χ0) is 10.8. The second-order valence-corrected chi connectivity index (χ2v) is 4.08. The summed E-state index contributed by atoms with van der Waals surface area (Å²) in [6.07, 6.45) is 1.72. The first-order valence-electron chi connectivity index (χ1n) is 4.76. The average Bonchev–Trinajstić information content (AvgIpc) is 2.01. The molecule has 1 aromatic heterocycles. The van der Waals surface area contributed by atoms with Gasteiger partial charge in [0.15, 0.2) is 0 Å². The third kappa shape index (κ3) is 2.70. The van der Waals surface area contributed by atoms with Crippen molar-refractivity contribution in [3.05, 3.63) is 23.9 Å². The van der Waals surface area contributed by atoms with Gasteiger partial charge in [-0.3, -0.25) is 0 Å². The Bertz CT molecular complexity index is 302. The molecule has 0 bridgehead atoms. The fourth-order valence-electron chi connectivity index (χ4n) is 1.17. The van der Waals surface area contributed by atoms with Gasteiger partial charge in [0.05, 0.1) is 11.7 Å². The molecule has 0 unspecified atom stereocenters. The normalized spacial score (nSPS) is 11.9. The van der Waals surface area contributed by atoms with Crippen molar-refractivity contribution in [2.24, 2.45) is 0 Å². The second kappa shape index (κ2) is 3.96. The zero-order valence-electron chi connectivity index (χ0n) is 9.11. The molecule has 0 spiro atoms. The van der Waals surface area contributed by atoms with Crippen LogP contribution in [0.1, 0.15) is 33.3 Å². The van der Waals surface area contributed by atoms with Crippen LogP contribution in [0.25, 0.3) is 0 Å². The van der Waals surface area contributed by atoms with Crippen LogP contribution in [0.4, 0.5) is 0 Å². The summed E-state index contributed by atoms with van der Waals surface area (Å²) in [5, 5.41) is 9.86. The largest absolute Gasteiger partial charge is 0.475 e. The van der Waals surface area contributed by atoms with Gasteiger partial charge in [-0.15, -0.1) is 0 Å². The van der Waals surface area contributed by atoms with Crippen LogP contribution in [-0.4, -0.2) is 16.2 Å². The van der Waals surface area contributed by atoms with E-state index < -0.39 is 5.60 Å². The van der Waals surface area contributed by atoms with E-state index in [9.17, 15) is 5.11 Å². The van der Waals surface area contributed by atoms with Crippen LogP contribution in [0.5, 0.6) is 5.88 Å². The summed E-state index contributed by atoms with van der Waals surface area (Å²) in [5.74, 6) is 0.509. The van der Waals surface area contributed by atoms with Crippen molar-refractivity contribution in [2.75, 3.05) is 0 Å². The van der Waals surface area contributed by atoms with Crippen molar-refractivity contribution in [2.45, 2.75) is 39.4 Å². The van der Waals surface area contributed by atoms with Crippen molar-refractivity contribution in [3.63, 3.8) is 0 Å². The minimum absolute atomic E-state index is 0.0611. The van der Waals surface area contributed by atoms with Gasteiger partial charge in [-0.25, -0.2) is 4.98 Å². The Morgan fingerprint density at radius 3 is 2.57 bits per heavy atom. The van der Waals surface area contributed by atoms with E-state index in [0.29, 0.717) is 11.4 Å². The number of ether oxygens (including phenoxy) is 1. The zero-order valence-corrected chi connectivity index (χ0v) is 9.11. The lowest BCUT2D eigenvalue weighted by Gasteiger charge is -2.21.